The Hall–Kier alpha value is -1.24. The number of hydrogen-bond acceptors (Lipinski definition) is 6. The Bertz CT molecular complexity index is 294. The van der Waals surface area contributed by atoms with E-state index in [-0.39, 0.29) is 17.6 Å². The number of aromatic nitrogens is 3. The first kappa shape index (κ1) is 8.85. The summed E-state index contributed by atoms with van der Waals surface area (Å²) in [6, 6.07) is 0. The van der Waals surface area contributed by atoms with E-state index in [9.17, 15) is 4.21 Å². The molecular formula is C5H9N5OS. The van der Waals surface area contributed by atoms with Crippen molar-refractivity contribution in [3.63, 3.8) is 0 Å². The summed E-state index contributed by atoms with van der Waals surface area (Å²) in [5, 5.41) is 0. The second kappa shape index (κ2) is 3.44. The average Bonchev–Trinajstić information content (AvgIpc) is 1.81. The van der Waals surface area contributed by atoms with Gasteiger partial charge in [0.2, 0.25) is 11.9 Å². The van der Waals surface area contributed by atoms with Crippen molar-refractivity contribution in [2.75, 3.05) is 17.7 Å². The Morgan fingerprint density at radius 2 is 1.75 bits per heavy atom. The zero-order valence-corrected chi connectivity index (χ0v) is 7.34. The fraction of sp³-hybridized carbons (Fsp3) is 0.400. The van der Waals surface area contributed by atoms with Crippen LogP contribution in [-0.2, 0) is 16.6 Å². The standard InChI is InChI=1S/C5H9N5OS/c1-12(11)2-3-8-4(6)10-5(7)9-3/h2H2,1H3,(H4,6,7,8,9,10). The van der Waals surface area contributed by atoms with E-state index in [1.165, 1.54) is 0 Å². The van der Waals surface area contributed by atoms with E-state index in [1.807, 2.05) is 0 Å². The highest BCUT2D eigenvalue weighted by Crippen LogP contribution is 2.00. The predicted molar refractivity (Wildman–Crippen MR) is 46.4 cm³/mol. The van der Waals surface area contributed by atoms with Gasteiger partial charge in [-0.1, -0.05) is 0 Å². The zero-order valence-electron chi connectivity index (χ0n) is 6.52. The van der Waals surface area contributed by atoms with E-state index < -0.39 is 10.8 Å². The van der Waals surface area contributed by atoms with E-state index in [4.69, 9.17) is 11.5 Å². The molecule has 12 heavy (non-hydrogen) atoms. The van der Waals surface area contributed by atoms with Gasteiger partial charge in [-0.15, -0.1) is 0 Å². The second-order valence-electron chi connectivity index (χ2n) is 2.19. The molecule has 1 aromatic heterocycles. The maximum atomic E-state index is 10.8. The lowest BCUT2D eigenvalue weighted by atomic mass is 10.7. The summed E-state index contributed by atoms with van der Waals surface area (Å²) in [7, 11) is -0.997. The summed E-state index contributed by atoms with van der Waals surface area (Å²) >= 11 is 0. The van der Waals surface area contributed by atoms with E-state index in [2.05, 4.69) is 15.0 Å². The van der Waals surface area contributed by atoms with Crippen LogP contribution in [0.3, 0.4) is 0 Å². The van der Waals surface area contributed by atoms with Crippen LogP contribution in [0.2, 0.25) is 0 Å². The Morgan fingerprint density at radius 1 is 1.25 bits per heavy atom. The van der Waals surface area contributed by atoms with Gasteiger partial charge in [-0.3, -0.25) is 4.21 Å². The van der Waals surface area contributed by atoms with Crippen molar-refractivity contribution < 1.29 is 4.21 Å². The molecule has 0 fully saturated rings. The van der Waals surface area contributed by atoms with Gasteiger partial charge in [-0.05, 0) is 0 Å². The number of anilines is 2. The van der Waals surface area contributed by atoms with Crippen LogP contribution in [0, 0.1) is 0 Å². The third-order valence-corrected chi connectivity index (χ3v) is 1.71. The largest absolute Gasteiger partial charge is 0.368 e. The highest BCUT2D eigenvalue weighted by atomic mass is 32.2. The van der Waals surface area contributed by atoms with Gasteiger partial charge in [0.15, 0.2) is 0 Å². The highest BCUT2D eigenvalue weighted by Gasteiger charge is 2.02. The summed E-state index contributed by atoms with van der Waals surface area (Å²) in [6.45, 7) is 0. The lowest BCUT2D eigenvalue weighted by Crippen LogP contribution is -2.08. The Balaban J connectivity index is 2.93. The number of nitrogen functional groups attached to an aromatic ring is 2. The van der Waals surface area contributed by atoms with Crippen molar-refractivity contribution in [1.29, 1.82) is 0 Å². The van der Waals surface area contributed by atoms with Gasteiger partial charge < -0.3 is 11.5 Å². The van der Waals surface area contributed by atoms with Gasteiger partial charge in [0.05, 0.1) is 5.75 Å². The van der Waals surface area contributed by atoms with Gasteiger partial charge in [0, 0.05) is 17.1 Å². The molecule has 4 N–H and O–H groups in total. The minimum Gasteiger partial charge on any atom is -0.368 e. The van der Waals surface area contributed by atoms with Crippen molar-refractivity contribution in [1.82, 2.24) is 15.0 Å². The molecule has 1 rings (SSSR count). The average molecular weight is 187 g/mol. The zero-order chi connectivity index (χ0) is 9.14. The van der Waals surface area contributed by atoms with Crippen LogP contribution in [0.4, 0.5) is 11.9 Å². The summed E-state index contributed by atoms with van der Waals surface area (Å²) < 4.78 is 10.8. The molecule has 1 heterocycles. The van der Waals surface area contributed by atoms with Gasteiger partial charge in [0.25, 0.3) is 0 Å². The number of hydrogen-bond donors (Lipinski definition) is 2. The molecule has 6 nitrogen and oxygen atoms in total. The van der Waals surface area contributed by atoms with Crippen molar-refractivity contribution >= 4 is 22.7 Å². The summed E-state index contributed by atoms with van der Waals surface area (Å²) in [5.41, 5.74) is 10.6. The monoisotopic (exact) mass is 187 g/mol. The molecule has 0 bridgehead atoms. The molecule has 1 unspecified atom stereocenters. The van der Waals surface area contributed by atoms with Crippen molar-refractivity contribution in [2.45, 2.75) is 5.75 Å². The molecule has 0 saturated carbocycles. The molecule has 0 radical (unpaired) electrons. The lowest BCUT2D eigenvalue weighted by Gasteiger charge is -1.98. The smallest absolute Gasteiger partial charge is 0.225 e. The maximum absolute atomic E-state index is 10.8. The topological polar surface area (TPSA) is 108 Å². The first-order valence-electron chi connectivity index (χ1n) is 3.14. The van der Waals surface area contributed by atoms with Crippen LogP contribution in [0.15, 0.2) is 0 Å². The van der Waals surface area contributed by atoms with Gasteiger partial charge in [0.1, 0.15) is 5.82 Å². The Morgan fingerprint density at radius 3 is 2.17 bits per heavy atom. The molecule has 0 saturated heterocycles. The van der Waals surface area contributed by atoms with Gasteiger partial charge in [-0.2, -0.15) is 15.0 Å². The molecule has 0 amide bonds. The minimum absolute atomic E-state index is 0.0583. The van der Waals surface area contributed by atoms with Crippen LogP contribution in [0.5, 0.6) is 0 Å². The molecule has 1 atom stereocenters. The fourth-order valence-corrected chi connectivity index (χ4v) is 1.20. The van der Waals surface area contributed by atoms with Crippen LogP contribution in [0.1, 0.15) is 5.82 Å². The third kappa shape index (κ3) is 2.42. The minimum atomic E-state index is -0.997. The fourth-order valence-electron chi connectivity index (χ4n) is 0.703. The molecule has 0 spiro atoms. The van der Waals surface area contributed by atoms with Gasteiger partial charge >= 0.3 is 0 Å². The second-order valence-corrected chi connectivity index (χ2v) is 3.62. The summed E-state index contributed by atoms with van der Waals surface area (Å²) in [5.74, 6) is 0.725. The number of nitrogens with two attached hydrogens (primary N) is 2. The SMILES string of the molecule is CS(=O)Cc1nc(N)nc(N)n1. The molecule has 1 aromatic rings. The van der Waals surface area contributed by atoms with Gasteiger partial charge in [-0.25, -0.2) is 0 Å². The lowest BCUT2D eigenvalue weighted by molar-refractivity contribution is 0.685. The maximum Gasteiger partial charge on any atom is 0.225 e. The van der Waals surface area contributed by atoms with Crippen molar-refractivity contribution in [3.05, 3.63) is 5.82 Å². The third-order valence-electron chi connectivity index (χ3n) is 1.05. The van der Waals surface area contributed by atoms with E-state index >= 15 is 0 Å². The van der Waals surface area contributed by atoms with Crippen molar-refractivity contribution in [2.24, 2.45) is 0 Å². The molecular weight excluding hydrogens is 178 g/mol. The highest BCUT2D eigenvalue weighted by molar-refractivity contribution is 7.83. The van der Waals surface area contributed by atoms with E-state index in [1.54, 1.807) is 6.26 Å². The summed E-state index contributed by atoms with van der Waals surface area (Å²) in [4.78, 5) is 11.1. The normalized spacial score (nSPS) is 12.8. The number of nitrogens with zero attached hydrogens (tertiary/aromatic N) is 3. The molecule has 7 heteroatoms. The molecule has 0 aromatic carbocycles. The first-order chi connectivity index (χ1) is 5.58. The predicted octanol–water partition coefficient (Wildman–Crippen LogP) is -1.09. The first-order valence-corrected chi connectivity index (χ1v) is 4.86. The Kier molecular flexibility index (Phi) is 2.54. The molecule has 0 aliphatic carbocycles. The van der Waals surface area contributed by atoms with Crippen LogP contribution in [0.25, 0.3) is 0 Å². The molecule has 0 aliphatic rings. The molecule has 66 valence electrons. The summed E-state index contributed by atoms with van der Waals surface area (Å²) in [6.07, 6.45) is 1.55. The van der Waals surface area contributed by atoms with E-state index in [0.29, 0.717) is 5.82 Å². The van der Waals surface area contributed by atoms with Crippen LogP contribution < -0.4 is 11.5 Å². The van der Waals surface area contributed by atoms with Crippen LogP contribution >= 0.6 is 0 Å². The van der Waals surface area contributed by atoms with E-state index in [0.717, 1.165) is 0 Å². The quantitative estimate of drug-likeness (QED) is 0.609. The Labute approximate surface area is 71.9 Å². The molecule has 0 aliphatic heterocycles. The van der Waals surface area contributed by atoms with Crippen molar-refractivity contribution in [3.8, 4) is 0 Å². The number of rotatable bonds is 2. The van der Waals surface area contributed by atoms with Crippen LogP contribution in [-0.4, -0.2) is 25.4 Å².